The SMILES string of the molecule is C.C.C=CC[NH3+].CCC(=O)N(C)CCC(=O)[O-]. The van der Waals surface area contributed by atoms with Crippen LogP contribution < -0.4 is 10.8 Å². The van der Waals surface area contributed by atoms with Crippen LogP contribution in [0.2, 0.25) is 0 Å². The maximum Gasteiger partial charge on any atom is 0.222 e. The van der Waals surface area contributed by atoms with Gasteiger partial charge in [-0.25, -0.2) is 0 Å². The van der Waals surface area contributed by atoms with Crippen molar-refractivity contribution in [2.75, 3.05) is 20.1 Å². The van der Waals surface area contributed by atoms with Crippen LogP contribution in [0.3, 0.4) is 0 Å². The first-order valence-electron chi connectivity index (χ1n) is 4.83. The van der Waals surface area contributed by atoms with E-state index in [1.165, 1.54) is 4.90 Å². The Kier molecular flexibility index (Phi) is 24.8. The molecule has 0 saturated carbocycles. The van der Waals surface area contributed by atoms with Crippen LogP contribution in [0.5, 0.6) is 0 Å². The van der Waals surface area contributed by atoms with E-state index in [1.807, 2.05) is 0 Å². The summed E-state index contributed by atoms with van der Waals surface area (Å²) < 4.78 is 0. The maximum atomic E-state index is 10.8. The van der Waals surface area contributed by atoms with E-state index in [4.69, 9.17) is 0 Å². The zero-order chi connectivity index (χ0) is 12.3. The van der Waals surface area contributed by atoms with E-state index in [0.29, 0.717) is 6.42 Å². The number of carboxylic acids is 1. The molecule has 5 nitrogen and oxygen atoms in total. The van der Waals surface area contributed by atoms with Gasteiger partial charge in [-0.3, -0.25) is 4.79 Å². The van der Waals surface area contributed by atoms with Gasteiger partial charge in [0.15, 0.2) is 0 Å². The minimum absolute atomic E-state index is 0. The average Bonchev–Trinajstić information content (AvgIpc) is 2.24. The first kappa shape index (κ1) is 24.7. The lowest BCUT2D eigenvalue weighted by Crippen LogP contribution is -2.48. The lowest BCUT2D eigenvalue weighted by molar-refractivity contribution is -0.352. The molecule has 5 heteroatoms. The van der Waals surface area contributed by atoms with Crippen LogP contribution >= 0.6 is 0 Å². The predicted molar refractivity (Wildman–Crippen MR) is 69.0 cm³/mol. The number of rotatable bonds is 5. The quantitative estimate of drug-likeness (QED) is 0.676. The Morgan fingerprint density at radius 1 is 1.41 bits per heavy atom. The van der Waals surface area contributed by atoms with Crippen LogP contribution in [0.25, 0.3) is 0 Å². The Bertz CT molecular complexity index is 206. The van der Waals surface area contributed by atoms with Crippen molar-refractivity contribution in [3.8, 4) is 0 Å². The van der Waals surface area contributed by atoms with Gasteiger partial charge in [-0.1, -0.05) is 28.4 Å². The fraction of sp³-hybridized carbons (Fsp3) is 0.667. The summed E-state index contributed by atoms with van der Waals surface area (Å²) in [5, 5.41) is 9.97. The Balaban J connectivity index is -0.000000123. The Morgan fingerprint density at radius 3 is 2.06 bits per heavy atom. The summed E-state index contributed by atoms with van der Waals surface area (Å²) in [4.78, 5) is 22.2. The van der Waals surface area contributed by atoms with Gasteiger partial charge in [0.25, 0.3) is 0 Å². The molecule has 0 saturated heterocycles. The largest absolute Gasteiger partial charge is 0.550 e. The monoisotopic (exact) mass is 248 g/mol. The van der Waals surface area contributed by atoms with Crippen molar-refractivity contribution < 1.29 is 20.4 Å². The Hall–Kier alpha value is -1.36. The van der Waals surface area contributed by atoms with Crippen LogP contribution in [0, 0.1) is 0 Å². The summed E-state index contributed by atoms with van der Waals surface area (Å²) in [5.74, 6) is -1.17. The summed E-state index contributed by atoms with van der Waals surface area (Å²) in [7, 11) is 1.58. The molecule has 0 rings (SSSR count). The molecule has 0 aliphatic heterocycles. The number of carbonyl (C=O) groups is 2. The number of nitrogens with zero attached hydrogens (tertiary/aromatic N) is 1. The second kappa shape index (κ2) is 17.0. The van der Waals surface area contributed by atoms with Gasteiger partial charge in [0, 0.05) is 32.4 Å². The van der Waals surface area contributed by atoms with E-state index in [0.717, 1.165) is 6.54 Å². The maximum absolute atomic E-state index is 10.8. The van der Waals surface area contributed by atoms with Gasteiger partial charge in [-0.2, -0.15) is 0 Å². The number of carbonyl (C=O) groups excluding carboxylic acids is 2. The van der Waals surface area contributed by atoms with Crippen molar-refractivity contribution in [1.29, 1.82) is 0 Å². The average molecular weight is 248 g/mol. The number of carboxylic acid groups (broad SMARTS) is 1. The predicted octanol–water partition coefficient (Wildman–Crippen LogP) is -0.319. The molecule has 0 unspecified atom stereocenters. The van der Waals surface area contributed by atoms with E-state index in [1.54, 1.807) is 20.0 Å². The van der Waals surface area contributed by atoms with Gasteiger partial charge in [0.05, 0.1) is 6.54 Å². The molecule has 1 amide bonds. The molecule has 0 fully saturated rings. The second-order valence-corrected chi connectivity index (χ2v) is 2.87. The van der Waals surface area contributed by atoms with Crippen molar-refractivity contribution in [3.05, 3.63) is 12.7 Å². The van der Waals surface area contributed by atoms with Gasteiger partial charge >= 0.3 is 0 Å². The van der Waals surface area contributed by atoms with Crippen molar-refractivity contribution in [3.63, 3.8) is 0 Å². The standard InChI is InChI=1S/C7H13NO3.C3H7N.2CH4/c1-3-6(9)8(2)5-4-7(10)11;1-2-3-4;;/h3-5H2,1-2H3,(H,10,11);2H,1,3-4H2;2*1H4. The molecule has 104 valence electrons. The van der Waals surface area contributed by atoms with E-state index in [-0.39, 0.29) is 33.7 Å². The van der Waals surface area contributed by atoms with Crippen molar-refractivity contribution >= 4 is 11.9 Å². The number of amides is 1. The van der Waals surface area contributed by atoms with Gasteiger partial charge in [0.2, 0.25) is 5.91 Å². The zero-order valence-electron chi connectivity index (χ0n) is 9.49. The minimum atomic E-state index is -1.12. The highest BCUT2D eigenvalue weighted by atomic mass is 16.4. The summed E-state index contributed by atoms with van der Waals surface area (Å²) in [6.45, 7) is 6.22. The highest BCUT2D eigenvalue weighted by Crippen LogP contribution is 1.90. The fourth-order valence-corrected chi connectivity index (χ4v) is 0.654. The lowest BCUT2D eigenvalue weighted by atomic mass is 10.3. The molecule has 0 bridgehead atoms. The minimum Gasteiger partial charge on any atom is -0.550 e. The van der Waals surface area contributed by atoms with Crippen LogP contribution in [0.1, 0.15) is 34.6 Å². The van der Waals surface area contributed by atoms with E-state index in [9.17, 15) is 14.7 Å². The number of hydrogen-bond donors (Lipinski definition) is 1. The van der Waals surface area contributed by atoms with Gasteiger partial charge in [-0.05, 0) is 6.08 Å². The van der Waals surface area contributed by atoms with Gasteiger partial charge < -0.3 is 20.5 Å². The molecule has 0 spiro atoms. The van der Waals surface area contributed by atoms with Crippen LogP contribution in [0.15, 0.2) is 12.7 Å². The van der Waals surface area contributed by atoms with Crippen molar-refractivity contribution in [2.24, 2.45) is 0 Å². The van der Waals surface area contributed by atoms with E-state index < -0.39 is 5.97 Å². The Morgan fingerprint density at radius 2 is 1.82 bits per heavy atom. The first-order valence-corrected chi connectivity index (χ1v) is 4.83. The molecule has 0 aromatic carbocycles. The third-order valence-electron chi connectivity index (χ3n) is 1.58. The van der Waals surface area contributed by atoms with Crippen molar-refractivity contribution in [2.45, 2.75) is 34.6 Å². The first-order chi connectivity index (χ1) is 6.99. The normalized spacial score (nSPS) is 7.47. The molecule has 17 heavy (non-hydrogen) atoms. The molecule has 0 aromatic rings. The van der Waals surface area contributed by atoms with Gasteiger partial charge in [0.1, 0.15) is 0 Å². The van der Waals surface area contributed by atoms with Crippen LogP contribution in [-0.2, 0) is 9.59 Å². The molecule has 3 N–H and O–H groups in total. The summed E-state index contributed by atoms with van der Waals surface area (Å²) >= 11 is 0. The number of quaternary nitrogens is 1. The second-order valence-electron chi connectivity index (χ2n) is 2.87. The molecule has 0 atom stereocenters. The molecular weight excluding hydrogens is 220 g/mol. The molecule has 0 radical (unpaired) electrons. The zero-order valence-corrected chi connectivity index (χ0v) is 9.49. The molecule has 0 heterocycles. The third-order valence-corrected chi connectivity index (χ3v) is 1.58. The molecule has 0 aliphatic rings. The van der Waals surface area contributed by atoms with E-state index in [2.05, 4.69) is 12.3 Å². The highest BCUT2D eigenvalue weighted by Gasteiger charge is 2.03. The van der Waals surface area contributed by atoms with Crippen LogP contribution in [-0.4, -0.2) is 36.9 Å². The molecule has 0 aliphatic carbocycles. The highest BCUT2D eigenvalue weighted by molar-refractivity contribution is 5.76. The van der Waals surface area contributed by atoms with E-state index >= 15 is 0 Å². The number of aliphatic carboxylic acids is 1. The summed E-state index contributed by atoms with van der Waals surface area (Å²) in [5.41, 5.74) is 3.49. The topological polar surface area (TPSA) is 88.1 Å². The Labute approximate surface area is 105 Å². The molecule has 0 aromatic heterocycles. The fourth-order valence-electron chi connectivity index (χ4n) is 0.654. The summed E-state index contributed by atoms with van der Waals surface area (Å²) in [6, 6.07) is 0. The smallest absolute Gasteiger partial charge is 0.222 e. The number of hydrogen-bond acceptors (Lipinski definition) is 3. The summed E-state index contributed by atoms with van der Waals surface area (Å²) in [6.07, 6.45) is 2.08. The molecular formula is C12H28N2O3. The lowest BCUT2D eigenvalue weighted by Gasteiger charge is -2.15. The van der Waals surface area contributed by atoms with Gasteiger partial charge in [-0.15, -0.1) is 0 Å². The van der Waals surface area contributed by atoms with Crippen LogP contribution in [0.4, 0.5) is 0 Å². The van der Waals surface area contributed by atoms with Crippen molar-refractivity contribution in [1.82, 2.24) is 4.90 Å². The third kappa shape index (κ3) is 20.7.